The molecule has 0 aliphatic rings. The highest BCUT2D eigenvalue weighted by Gasteiger charge is 2.33. The topological polar surface area (TPSA) is 85.2 Å². The van der Waals surface area contributed by atoms with Crippen LogP contribution in [0.5, 0.6) is 0 Å². The van der Waals surface area contributed by atoms with E-state index in [1.807, 2.05) is 0 Å². The summed E-state index contributed by atoms with van der Waals surface area (Å²) in [6, 6.07) is 4.08. The Hall–Kier alpha value is -2.34. The summed E-state index contributed by atoms with van der Waals surface area (Å²) in [5, 5.41) is 22.5. The minimum absolute atomic E-state index is 0.00779. The van der Waals surface area contributed by atoms with Crippen LogP contribution in [0, 0.1) is 11.3 Å². The summed E-state index contributed by atoms with van der Waals surface area (Å²) in [5.41, 5.74) is -1.51. The van der Waals surface area contributed by atoms with Crippen LogP contribution >= 0.6 is 12.2 Å². The van der Waals surface area contributed by atoms with Crippen LogP contribution < -0.4 is 10.6 Å². The van der Waals surface area contributed by atoms with E-state index in [4.69, 9.17) is 22.6 Å². The molecule has 0 bridgehead atoms. The fourth-order valence-corrected chi connectivity index (χ4v) is 1.98. The second kappa shape index (κ2) is 7.09. The number of rotatable bonds is 4. The molecule has 0 radical (unpaired) electrons. The van der Waals surface area contributed by atoms with E-state index in [-0.39, 0.29) is 17.2 Å². The van der Waals surface area contributed by atoms with Gasteiger partial charge in [0.1, 0.15) is 0 Å². The number of nitriles is 1. The van der Waals surface area contributed by atoms with Crippen molar-refractivity contribution < 1.29 is 23.1 Å². The highest BCUT2D eigenvalue weighted by atomic mass is 32.1. The second-order valence-corrected chi connectivity index (χ2v) is 4.88. The molecule has 118 valence electrons. The number of benzene rings is 1. The molecule has 22 heavy (non-hydrogen) atoms. The van der Waals surface area contributed by atoms with E-state index in [0.29, 0.717) is 0 Å². The molecule has 0 fully saturated rings. The molecule has 1 aromatic rings. The molecule has 1 rings (SSSR count). The van der Waals surface area contributed by atoms with Crippen LogP contribution in [-0.4, -0.2) is 22.2 Å². The summed E-state index contributed by atoms with van der Waals surface area (Å²) in [6.07, 6.45) is -4.85. The minimum atomic E-state index is -4.66. The first-order valence-electron chi connectivity index (χ1n) is 6.04. The van der Waals surface area contributed by atoms with Gasteiger partial charge in [0.2, 0.25) is 0 Å². The van der Waals surface area contributed by atoms with Crippen molar-refractivity contribution in [2.45, 2.75) is 25.6 Å². The number of hydrogen-bond acceptors (Lipinski definition) is 3. The fraction of sp³-hybridized carbons (Fsp3) is 0.308. The van der Waals surface area contributed by atoms with Gasteiger partial charge in [-0.1, -0.05) is 0 Å². The smallest absolute Gasteiger partial charge is 0.417 e. The van der Waals surface area contributed by atoms with Gasteiger partial charge in [-0.3, -0.25) is 4.79 Å². The van der Waals surface area contributed by atoms with Crippen molar-refractivity contribution in [3.8, 4) is 6.07 Å². The summed E-state index contributed by atoms with van der Waals surface area (Å²) >= 11 is 4.90. The Kier molecular flexibility index (Phi) is 5.70. The molecule has 0 unspecified atom stereocenters. The molecule has 0 spiro atoms. The molecule has 3 N–H and O–H groups in total. The normalized spacial score (nSPS) is 12.1. The van der Waals surface area contributed by atoms with Crippen molar-refractivity contribution in [1.29, 1.82) is 5.26 Å². The van der Waals surface area contributed by atoms with Crippen LogP contribution in [0.1, 0.15) is 24.5 Å². The van der Waals surface area contributed by atoms with Gasteiger partial charge in [-0.05, 0) is 37.3 Å². The number of thiocarbonyl (C=S) groups is 1. The van der Waals surface area contributed by atoms with Crippen molar-refractivity contribution in [1.82, 2.24) is 5.32 Å². The molecule has 5 nitrogen and oxygen atoms in total. The zero-order valence-corrected chi connectivity index (χ0v) is 12.2. The Morgan fingerprint density at radius 3 is 2.64 bits per heavy atom. The third-order valence-electron chi connectivity index (χ3n) is 2.56. The van der Waals surface area contributed by atoms with Crippen LogP contribution in [-0.2, 0) is 11.0 Å². The first kappa shape index (κ1) is 17.7. The fourth-order valence-electron chi connectivity index (χ4n) is 1.66. The maximum Gasteiger partial charge on any atom is 0.417 e. The van der Waals surface area contributed by atoms with E-state index in [1.54, 1.807) is 6.92 Å². The Balaban J connectivity index is 2.85. The van der Waals surface area contributed by atoms with Gasteiger partial charge in [0.25, 0.3) is 0 Å². The summed E-state index contributed by atoms with van der Waals surface area (Å²) in [4.78, 5) is 10.5. The first-order chi connectivity index (χ1) is 10.1. The van der Waals surface area contributed by atoms with Crippen LogP contribution in [0.15, 0.2) is 18.2 Å². The van der Waals surface area contributed by atoms with Gasteiger partial charge in [0.05, 0.1) is 23.6 Å². The Morgan fingerprint density at radius 1 is 1.50 bits per heavy atom. The number of carboxylic acids is 1. The number of nitrogens with one attached hydrogen (secondary N) is 2. The second-order valence-electron chi connectivity index (χ2n) is 4.47. The lowest BCUT2D eigenvalue weighted by Gasteiger charge is -2.16. The van der Waals surface area contributed by atoms with E-state index in [1.165, 1.54) is 12.1 Å². The van der Waals surface area contributed by atoms with Gasteiger partial charge < -0.3 is 15.7 Å². The molecule has 0 aliphatic carbocycles. The first-order valence-corrected chi connectivity index (χ1v) is 6.45. The van der Waals surface area contributed by atoms with E-state index in [0.717, 1.165) is 12.1 Å². The van der Waals surface area contributed by atoms with E-state index in [2.05, 4.69) is 10.6 Å². The zero-order valence-electron chi connectivity index (χ0n) is 11.4. The van der Waals surface area contributed by atoms with E-state index >= 15 is 0 Å². The van der Waals surface area contributed by atoms with Gasteiger partial charge in [0, 0.05) is 11.7 Å². The summed E-state index contributed by atoms with van der Waals surface area (Å²) < 4.78 is 38.4. The van der Waals surface area contributed by atoms with Gasteiger partial charge >= 0.3 is 12.1 Å². The number of nitrogens with zero attached hydrogens (tertiary/aromatic N) is 1. The van der Waals surface area contributed by atoms with Crippen molar-refractivity contribution in [3.63, 3.8) is 0 Å². The van der Waals surface area contributed by atoms with Gasteiger partial charge in [-0.15, -0.1) is 0 Å². The number of carboxylic acid groups (broad SMARTS) is 1. The van der Waals surface area contributed by atoms with Crippen molar-refractivity contribution in [2.24, 2.45) is 0 Å². The molecule has 0 saturated carbocycles. The molecular weight excluding hydrogens is 319 g/mol. The third kappa shape index (κ3) is 5.21. The zero-order chi connectivity index (χ0) is 16.9. The predicted octanol–water partition coefficient (Wildman–Crippen LogP) is 2.73. The molecule has 0 saturated heterocycles. The molecule has 0 aromatic heterocycles. The molecule has 0 amide bonds. The third-order valence-corrected chi connectivity index (χ3v) is 2.78. The number of hydrogen-bond donors (Lipinski definition) is 3. The van der Waals surface area contributed by atoms with Crippen molar-refractivity contribution >= 4 is 29.0 Å². The standard InChI is InChI=1S/C13H12F3N3O2S/c1-7(4-11(20)21)18-12(22)19-9-3-2-8(6-17)10(5-9)13(14,15)16/h2-3,5,7H,4H2,1H3,(H,20,21)(H2,18,19,22)/t7-/m1/s1. The number of aliphatic carboxylic acids is 1. The van der Waals surface area contributed by atoms with Crippen LogP contribution in [0.3, 0.4) is 0 Å². The monoisotopic (exact) mass is 331 g/mol. The summed E-state index contributed by atoms with van der Waals surface area (Å²) in [6.45, 7) is 1.57. The highest BCUT2D eigenvalue weighted by Crippen LogP contribution is 2.33. The molecule has 0 aliphatic heterocycles. The lowest BCUT2D eigenvalue weighted by molar-refractivity contribution is -0.138. The molecular formula is C13H12F3N3O2S. The Bertz CT molecular complexity index is 626. The number of anilines is 1. The number of halogens is 3. The maximum absolute atomic E-state index is 12.8. The lowest BCUT2D eigenvalue weighted by Crippen LogP contribution is -2.37. The molecule has 9 heteroatoms. The van der Waals surface area contributed by atoms with Crippen molar-refractivity contribution in [2.75, 3.05) is 5.32 Å². The highest BCUT2D eigenvalue weighted by molar-refractivity contribution is 7.80. The van der Waals surface area contributed by atoms with Crippen LogP contribution in [0.25, 0.3) is 0 Å². The van der Waals surface area contributed by atoms with Gasteiger partial charge in [0.15, 0.2) is 5.11 Å². The Morgan fingerprint density at radius 2 is 2.14 bits per heavy atom. The average Bonchev–Trinajstić information content (AvgIpc) is 2.36. The SMILES string of the molecule is C[C@H](CC(=O)O)NC(=S)Nc1ccc(C#N)c(C(F)(F)F)c1. The average molecular weight is 331 g/mol. The number of carbonyl (C=O) groups is 1. The van der Waals surface area contributed by atoms with Crippen molar-refractivity contribution in [3.05, 3.63) is 29.3 Å². The Labute approximate surface area is 129 Å². The quantitative estimate of drug-likeness (QED) is 0.736. The largest absolute Gasteiger partial charge is 0.481 e. The van der Waals surface area contributed by atoms with Gasteiger partial charge in [-0.2, -0.15) is 18.4 Å². The predicted molar refractivity (Wildman–Crippen MR) is 77.2 cm³/mol. The van der Waals surface area contributed by atoms with Crippen LogP contribution in [0.4, 0.5) is 18.9 Å². The molecule has 1 atom stereocenters. The maximum atomic E-state index is 12.8. The summed E-state index contributed by atoms with van der Waals surface area (Å²) in [7, 11) is 0. The van der Waals surface area contributed by atoms with Crippen LogP contribution in [0.2, 0.25) is 0 Å². The summed E-state index contributed by atoms with van der Waals surface area (Å²) in [5.74, 6) is -1.03. The van der Waals surface area contributed by atoms with Gasteiger partial charge in [-0.25, -0.2) is 0 Å². The van der Waals surface area contributed by atoms with E-state index in [9.17, 15) is 18.0 Å². The number of alkyl halides is 3. The lowest BCUT2D eigenvalue weighted by atomic mass is 10.1. The molecule has 0 heterocycles. The minimum Gasteiger partial charge on any atom is -0.481 e. The molecule has 1 aromatic carbocycles. The van der Waals surface area contributed by atoms with E-state index < -0.39 is 29.3 Å².